The molecule has 2 aromatic carbocycles. The molecule has 3 heterocycles. The Bertz CT molecular complexity index is 1940. The molecule has 2 N–H and O–H groups in total. The number of piperazine rings is 1. The Hall–Kier alpha value is -3.63. The molecule has 0 radical (unpaired) electrons. The first-order valence-corrected chi connectivity index (χ1v) is 27.4. The number of hydrogen-bond donors (Lipinski definition) is 2. The van der Waals surface area contributed by atoms with Crippen LogP contribution < -0.4 is 15.4 Å². The maximum atomic E-state index is 14.9. The number of halogens is 2. The van der Waals surface area contributed by atoms with Crippen LogP contribution in [0.3, 0.4) is 0 Å². The Kier molecular flexibility index (Phi) is 18.3. The summed E-state index contributed by atoms with van der Waals surface area (Å²) < 4.78 is 38.7. The molecule has 16 heteroatoms. The Morgan fingerprint density at radius 3 is 2.18 bits per heavy atom. The fourth-order valence-electron chi connectivity index (χ4n) is 8.71. The number of carbonyl (C=O) groups is 3. The summed E-state index contributed by atoms with van der Waals surface area (Å²) in [6.07, 6.45) is 2.15. The first-order chi connectivity index (χ1) is 30.8. The van der Waals surface area contributed by atoms with Gasteiger partial charge in [0.05, 0.1) is 19.3 Å². The molecule has 5 rings (SSSR count). The van der Waals surface area contributed by atoms with Crippen LogP contribution in [-0.4, -0.2) is 141 Å². The minimum absolute atomic E-state index is 0.0610. The lowest BCUT2D eigenvalue weighted by Gasteiger charge is -2.40. The van der Waals surface area contributed by atoms with Gasteiger partial charge in [-0.15, -0.1) is 0 Å². The largest absolute Gasteiger partial charge is 0.493 e. The smallest absolute Gasteiger partial charge is 0.410 e. The maximum absolute atomic E-state index is 14.9. The number of carbonyl (C=O) groups excluding carboxylic acids is 3. The van der Waals surface area contributed by atoms with Gasteiger partial charge in [0.25, 0.3) is 0 Å². The zero-order valence-electron chi connectivity index (χ0n) is 42.0. The molecule has 66 heavy (non-hydrogen) atoms. The van der Waals surface area contributed by atoms with Crippen molar-refractivity contribution in [3.63, 3.8) is 0 Å². The van der Waals surface area contributed by atoms with Gasteiger partial charge in [0.15, 0.2) is 8.32 Å². The van der Waals surface area contributed by atoms with Crippen LogP contribution in [0.1, 0.15) is 99.6 Å². The predicted molar refractivity (Wildman–Crippen MR) is 263 cm³/mol. The SMILES string of the molecule is CCOc1cccc(F)c1CN1CCN(C(=O)[C@H](NC(=O)OC(C)(C)C)C2CCN(CCc3cc(Cl)ccc3NC[C@H]3C[C@@H](CO[Si](C)(C)C(C)(C)C)N(C(=O)OC(C)(C)C)C3)CC2)CC1. The van der Waals surface area contributed by atoms with Gasteiger partial charge < -0.3 is 44.0 Å². The highest BCUT2D eigenvalue weighted by atomic mass is 35.5. The van der Waals surface area contributed by atoms with Crippen LogP contribution in [0.2, 0.25) is 23.2 Å². The number of ether oxygens (including phenoxy) is 3. The normalized spacial score (nSPS) is 20.0. The first kappa shape index (κ1) is 53.3. The van der Waals surface area contributed by atoms with E-state index >= 15 is 0 Å². The lowest BCUT2D eigenvalue weighted by atomic mass is 9.88. The van der Waals surface area contributed by atoms with E-state index in [2.05, 4.69) is 54.3 Å². The molecule has 0 aromatic heterocycles. The second kappa shape index (κ2) is 22.6. The van der Waals surface area contributed by atoms with E-state index in [0.29, 0.717) is 75.4 Å². The van der Waals surface area contributed by atoms with Crippen molar-refractivity contribution in [2.75, 3.05) is 77.4 Å². The quantitative estimate of drug-likeness (QED) is 0.157. The van der Waals surface area contributed by atoms with Crippen molar-refractivity contribution in [2.45, 2.75) is 143 Å². The third kappa shape index (κ3) is 15.4. The summed E-state index contributed by atoms with van der Waals surface area (Å²) in [5, 5.41) is 7.42. The summed E-state index contributed by atoms with van der Waals surface area (Å²) >= 11 is 6.58. The number of anilines is 1. The minimum atomic E-state index is -2.03. The van der Waals surface area contributed by atoms with Gasteiger partial charge in [0.1, 0.15) is 28.8 Å². The van der Waals surface area contributed by atoms with Gasteiger partial charge in [-0.25, -0.2) is 14.0 Å². The topological polar surface area (TPSA) is 125 Å². The number of nitrogens with zero attached hydrogens (tertiary/aromatic N) is 4. The highest BCUT2D eigenvalue weighted by Gasteiger charge is 2.42. The fraction of sp³-hybridized carbons (Fsp3) is 0.700. The van der Waals surface area contributed by atoms with E-state index in [4.69, 9.17) is 30.2 Å². The third-order valence-corrected chi connectivity index (χ3v) is 18.1. The van der Waals surface area contributed by atoms with Gasteiger partial charge >= 0.3 is 12.2 Å². The Labute approximate surface area is 400 Å². The Morgan fingerprint density at radius 1 is 0.894 bits per heavy atom. The van der Waals surface area contributed by atoms with Crippen molar-refractivity contribution in [1.82, 2.24) is 24.9 Å². The van der Waals surface area contributed by atoms with E-state index in [1.807, 2.05) is 76.5 Å². The molecule has 3 fully saturated rings. The average Bonchev–Trinajstić information content (AvgIpc) is 3.64. The van der Waals surface area contributed by atoms with Crippen LogP contribution in [0.5, 0.6) is 5.75 Å². The van der Waals surface area contributed by atoms with E-state index < -0.39 is 31.7 Å². The number of benzene rings is 2. The van der Waals surface area contributed by atoms with Crippen LogP contribution in [0.4, 0.5) is 19.7 Å². The van der Waals surface area contributed by atoms with Crippen LogP contribution >= 0.6 is 11.6 Å². The summed E-state index contributed by atoms with van der Waals surface area (Å²) in [5.74, 6) is 0.260. The first-order valence-electron chi connectivity index (χ1n) is 24.1. The summed E-state index contributed by atoms with van der Waals surface area (Å²) in [6.45, 7) is 31.2. The summed E-state index contributed by atoms with van der Waals surface area (Å²) in [7, 11) is -2.03. The van der Waals surface area contributed by atoms with Gasteiger partial charge in [0, 0.05) is 68.6 Å². The average molecular weight is 960 g/mol. The summed E-state index contributed by atoms with van der Waals surface area (Å²) in [4.78, 5) is 49.2. The van der Waals surface area contributed by atoms with Crippen LogP contribution in [0.25, 0.3) is 0 Å². The van der Waals surface area contributed by atoms with E-state index in [0.717, 1.165) is 56.6 Å². The number of nitrogens with one attached hydrogen (secondary N) is 2. The van der Waals surface area contributed by atoms with Crippen molar-refractivity contribution in [3.05, 3.63) is 58.4 Å². The molecule has 3 saturated heterocycles. The summed E-state index contributed by atoms with van der Waals surface area (Å²) in [6, 6.07) is 10.1. The molecule has 0 spiro atoms. The number of hydrogen-bond acceptors (Lipinski definition) is 10. The zero-order valence-corrected chi connectivity index (χ0v) is 43.7. The van der Waals surface area contributed by atoms with Crippen molar-refractivity contribution in [3.8, 4) is 5.75 Å². The number of rotatable bonds is 16. The highest BCUT2D eigenvalue weighted by Crippen LogP contribution is 2.38. The van der Waals surface area contributed by atoms with Crippen LogP contribution in [-0.2, 0) is 31.7 Å². The standard InChI is InChI=1S/C50H80ClFN6O7Si/c1-13-62-43-16-14-15-41(52)40(43)33-56-25-27-57(28-26-56)45(59)44(54-46(60)64-48(2,3)4)36-19-22-55(23-20-36)24-21-37-30-38(51)17-18-42(37)53-31-35-29-39(34-63-66(11,12)50(8,9)10)58(32-35)47(61)65-49(5,6)7/h14-18,30,35-36,39,44,53H,13,19-29,31-34H2,1-12H3,(H,54,60)/t35-,39+,44-/m1/s1. The molecule has 0 saturated carbocycles. The molecular weight excluding hydrogens is 879 g/mol. The molecule has 13 nitrogen and oxygen atoms in total. The van der Waals surface area contributed by atoms with Gasteiger partial charge in [-0.05, 0) is 153 Å². The van der Waals surface area contributed by atoms with E-state index in [-0.39, 0.29) is 40.7 Å². The number of amides is 3. The monoisotopic (exact) mass is 959 g/mol. The molecular formula is C50H80ClFN6O7Si. The van der Waals surface area contributed by atoms with E-state index in [9.17, 15) is 18.8 Å². The van der Waals surface area contributed by atoms with Crippen LogP contribution in [0.15, 0.2) is 36.4 Å². The third-order valence-electron chi connectivity index (χ3n) is 13.4. The maximum Gasteiger partial charge on any atom is 0.410 e. The predicted octanol–water partition coefficient (Wildman–Crippen LogP) is 9.43. The number of piperidine rings is 1. The lowest BCUT2D eigenvalue weighted by Crippen LogP contribution is -2.58. The highest BCUT2D eigenvalue weighted by molar-refractivity contribution is 6.74. The summed E-state index contributed by atoms with van der Waals surface area (Å²) in [5.41, 5.74) is 1.35. The Balaban J connectivity index is 1.18. The van der Waals surface area contributed by atoms with E-state index in [1.165, 1.54) is 6.07 Å². The van der Waals surface area contributed by atoms with Crippen molar-refractivity contribution >= 4 is 43.7 Å². The molecule has 3 aliphatic heterocycles. The molecule has 3 amide bonds. The molecule has 0 bridgehead atoms. The molecule has 370 valence electrons. The number of likely N-dealkylation sites (tertiary alicyclic amines) is 2. The molecule has 3 atom stereocenters. The second-order valence-electron chi connectivity index (χ2n) is 21.9. The van der Waals surface area contributed by atoms with Gasteiger partial charge in [-0.1, -0.05) is 38.4 Å². The van der Waals surface area contributed by atoms with Crippen molar-refractivity contribution in [1.29, 1.82) is 0 Å². The number of alkyl carbamates (subject to hydrolysis) is 1. The van der Waals surface area contributed by atoms with Crippen molar-refractivity contribution in [2.24, 2.45) is 11.8 Å². The lowest BCUT2D eigenvalue weighted by molar-refractivity contribution is -0.137. The van der Waals surface area contributed by atoms with Gasteiger partial charge in [-0.2, -0.15) is 0 Å². The zero-order chi connectivity index (χ0) is 48.6. The van der Waals surface area contributed by atoms with Gasteiger partial charge in [0.2, 0.25) is 5.91 Å². The minimum Gasteiger partial charge on any atom is -0.493 e. The molecule has 2 aromatic rings. The molecule has 0 aliphatic carbocycles. The van der Waals surface area contributed by atoms with Crippen LogP contribution in [0, 0.1) is 17.7 Å². The van der Waals surface area contributed by atoms with E-state index in [1.54, 1.807) is 12.1 Å². The fourth-order valence-corrected chi connectivity index (χ4v) is 9.95. The van der Waals surface area contributed by atoms with Gasteiger partial charge in [-0.3, -0.25) is 9.69 Å². The van der Waals surface area contributed by atoms with Crippen molar-refractivity contribution < 1.29 is 37.4 Å². The second-order valence-corrected chi connectivity index (χ2v) is 27.2. The molecule has 0 unspecified atom stereocenters. The Morgan fingerprint density at radius 2 is 1.56 bits per heavy atom. The molecule has 3 aliphatic rings.